The minimum Gasteiger partial charge on any atom is -0.310 e. The lowest BCUT2D eigenvalue weighted by molar-refractivity contribution is 0.396. The number of hydrogen-bond acceptors (Lipinski definition) is 2. The molecule has 2 aliphatic rings. The molecule has 0 amide bonds. The van der Waals surface area contributed by atoms with E-state index in [2.05, 4.69) is 23.8 Å². The third-order valence-corrected chi connectivity index (χ3v) is 4.79. The smallest absolute Gasteiger partial charge is 0.0641 e. The summed E-state index contributed by atoms with van der Waals surface area (Å²) < 4.78 is 2.34. The second kappa shape index (κ2) is 5.66. The Bertz CT molecular complexity index is 423. The normalized spacial score (nSPS) is 21.6. The molecular weight excluding hydrogens is 234 g/mol. The summed E-state index contributed by atoms with van der Waals surface area (Å²) in [5, 5.41) is 8.48. The van der Waals surface area contributed by atoms with Crippen molar-refractivity contribution in [3.05, 3.63) is 17.0 Å². The first-order valence-electron chi connectivity index (χ1n) is 8.03. The molecule has 0 spiro atoms. The van der Waals surface area contributed by atoms with Crippen LogP contribution in [0.25, 0.3) is 0 Å². The fourth-order valence-electron chi connectivity index (χ4n) is 3.34. The van der Waals surface area contributed by atoms with Crippen molar-refractivity contribution in [3.8, 4) is 0 Å². The third-order valence-electron chi connectivity index (χ3n) is 4.79. The standard InChI is InChI=1S/C16H27N3/c1-12-16(11-17-14-9-10-14)13(2)19(18-12)15-7-5-3-4-6-8-15/h14-15,17H,3-11H2,1-2H3. The fourth-order valence-corrected chi connectivity index (χ4v) is 3.34. The maximum Gasteiger partial charge on any atom is 0.0641 e. The van der Waals surface area contributed by atoms with Gasteiger partial charge in [0.25, 0.3) is 0 Å². The summed E-state index contributed by atoms with van der Waals surface area (Å²) in [5.41, 5.74) is 4.07. The predicted octanol–water partition coefficient (Wildman–Crippen LogP) is 3.65. The lowest BCUT2D eigenvalue weighted by Gasteiger charge is -2.17. The molecule has 0 saturated heterocycles. The Morgan fingerprint density at radius 3 is 2.37 bits per heavy atom. The maximum atomic E-state index is 4.85. The van der Waals surface area contributed by atoms with Gasteiger partial charge in [-0.25, -0.2) is 0 Å². The molecule has 106 valence electrons. The van der Waals surface area contributed by atoms with Gasteiger partial charge in [-0.2, -0.15) is 5.10 Å². The van der Waals surface area contributed by atoms with Gasteiger partial charge in [0.2, 0.25) is 0 Å². The highest BCUT2D eigenvalue weighted by atomic mass is 15.3. The minimum atomic E-state index is 0.649. The van der Waals surface area contributed by atoms with Crippen LogP contribution in [0.1, 0.15) is 74.4 Å². The van der Waals surface area contributed by atoms with Crippen LogP contribution in [0, 0.1) is 13.8 Å². The molecule has 1 N–H and O–H groups in total. The van der Waals surface area contributed by atoms with Crippen LogP contribution >= 0.6 is 0 Å². The van der Waals surface area contributed by atoms with Crippen molar-refractivity contribution in [2.75, 3.05) is 0 Å². The molecule has 3 rings (SSSR count). The maximum absolute atomic E-state index is 4.85. The molecule has 2 fully saturated rings. The number of rotatable bonds is 4. The lowest BCUT2D eigenvalue weighted by atomic mass is 10.1. The zero-order chi connectivity index (χ0) is 13.2. The lowest BCUT2D eigenvalue weighted by Crippen LogP contribution is -2.17. The van der Waals surface area contributed by atoms with Gasteiger partial charge >= 0.3 is 0 Å². The van der Waals surface area contributed by atoms with E-state index >= 15 is 0 Å². The van der Waals surface area contributed by atoms with Crippen molar-refractivity contribution < 1.29 is 0 Å². The molecule has 3 nitrogen and oxygen atoms in total. The first kappa shape index (κ1) is 13.2. The van der Waals surface area contributed by atoms with Crippen LogP contribution in [0.4, 0.5) is 0 Å². The summed E-state index contributed by atoms with van der Waals surface area (Å²) in [6.45, 7) is 5.44. The van der Waals surface area contributed by atoms with Gasteiger partial charge in [0.1, 0.15) is 0 Å². The van der Waals surface area contributed by atoms with Gasteiger partial charge in [0, 0.05) is 23.8 Å². The molecule has 2 aliphatic carbocycles. The van der Waals surface area contributed by atoms with Crippen LogP contribution in [-0.2, 0) is 6.54 Å². The molecule has 1 heterocycles. The molecule has 0 radical (unpaired) electrons. The number of nitrogens with zero attached hydrogens (tertiary/aromatic N) is 2. The van der Waals surface area contributed by atoms with Crippen molar-refractivity contribution in [1.29, 1.82) is 0 Å². The monoisotopic (exact) mass is 261 g/mol. The topological polar surface area (TPSA) is 29.9 Å². The number of aromatic nitrogens is 2. The van der Waals surface area contributed by atoms with E-state index in [1.165, 1.54) is 68.3 Å². The molecule has 2 saturated carbocycles. The van der Waals surface area contributed by atoms with Crippen LogP contribution in [0.5, 0.6) is 0 Å². The van der Waals surface area contributed by atoms with E-state index in [1.54, 1.807) is 0 Å². The highest BCUT2D eigenvalue weighted by Crippen LogP contribution is 2.29. The number of nitrogens with one attached hydrogen (secondary N) is 1. The van der Waals surface area contributed by atoms with E-state index in [0.29, 0.717) is 6.04 Å². The van der Waals surface area contributed by atoms with Crippen LogP contribution < -0.4 is 5.32 Å². The molecule has 0 atom stereocenters. The van der Waals surface area contributed by atoms with Crippen LogP contribution in [-0.4, -0.2) is 15.8 Å². The van der Waals surface area contributed by atoms with E-state index in [9.17, 15) is 0 Å². The van der Waals surface area contributed by atoms with Crippen molar-refractivity contribution in [1.82, 2.24) is 15.1 Å². The van der Waals surface area contributed by atoms with Gasteiger partial charge in [-0.05, 0) is 39.5 Å². The Morgan fingerprint density at radius 1 is 1.05 bits per heavy atom. The van der Waals surface area contributed by atoms with E-state index < -0.39 is 0 Å². The summed E-state index contributed by atoms with van der Waals surface area (Å²) in [5.74, 6) is 0. The van der Waals surface area contributed by atoms with E-state index in [1.807, 2.05) is 0 Å². The summed E-state index contributed by atoms with van der Waals surface area (Å²) in [4.78, 5) is 0. The second-order valence-corrected chi connectivity index (χ2v) is 6.39. The predicted molar refractivity (Wildman–Crippen MR) is 78.3 cm³/mol. The number of hydrogen-bond donors (Lipinski definition) is 1. The van der Waals surface area contributed by atoms with Crippen molar-refractivity contribution in [3.63, 3.8) is 0 Å². The Balaban J connectivity index is 1.74. The van der Waals surface area contributed by atoms with Crippen molar-refractivity contribution >= 4 is 0 Å². The largest absolute Gasteiger partial charge is 0.310 e. The van der Waals surface area contributed by atoms with Crippen molar-refractivity contribution in [2.24, 2.45) is 0 Å². The Kier molecular flexibility index (Phi) is 3.92. The third kappa shape index (κ3) is 3.02. The van der Waals surface area contributed by atoms with Gasteiger partial charge in [-0.3, -0.25) is 4.68 Å². The summed E-state index contributed by atoms with van der Waals surface area (Å²) in [7, 11) is 0. The first-order valence-corrected chi connectivity index (χ1v) is 8.03. The van der Waals surface area contributed by atoms with E-state index in [4.69, 9.17) is 5.10 Å². The average Bonchev–Trinajstić information content (AvgIpc) is 3.19. The Hall–Kier alpha value is -0.830. The van der Waals surface area contributed by atoms with Gasteiger partial charge in [0.05, 0.1) is 11.7 Å². The highest BCUT2D eigenvalue weighted by molar-refractivity contribution is 5.25. The van der Waals surface area contributed by atoms with Crippen LogP contribution in [0.15, 0.2) is 0 Å². The Morgan fingerprint density at radius 2 is 1.74 bits per heavy atom. The zero-order valence-electron chi connectivity index (χ0n) is 12.4. The summed E-state index contributed by atoms with van der Waals surface area (Å²) >= 11 is 0. The van der Waals surface area contributed by atoms with E-state index in [-0.39, 0.29) is 0 Å². The van der Waals surface area contributed by atoms with Gasteiger partial charge in [-0.1, -0.05) is 25.7 Å². The number of aryl methyl sites for hydroxylation is 1. The average molecular weight is 261 g/mol. The molecule has 0 aliphatic heterocycles. The molecule has 0 aromatic carbocycles. The van der Waals surface area contributed by atoms with Gasteiger partial charge < -0.3 is 5.32 Å². The highest BCUT2D eigenvalue weighted by Gasteiger charge is 2.23. The zero-order valence-corrected chi connectivity index (χ0v) is 12.4. The molecule has 3 heteroatoms. The molecule has 1 aromatic rings. The summed E-state index contributed by atoms with van der Waals surface area (Å²) in [6.07, 6.45) is 10.9. The molecular formula is C16H27N3. The quantitative estimate of drug-likeness (QED) is 0.838. The Labute approximate surface area is 116 Å². The van der Waals surface area contributed by atoms with Crippen molar-refractivity contribution in [2.45, 2.75) is 83.8 Å². The molecule has 0 unspecified atom stereocenters. The molecule has 0 bridgehead atoms. The van der Waals surface area contributed by atoms with Gasteiger partial charge in [0.15, 0.2) is 0 Å². The molecule has 1 aromatic heterocycles. The first-order chi connectivity index (χ1) is 9.25. The van der Waals surface area contributed by atoms with Crippen LogP contribution in [0.2, 0.25) is 0 Å². The second-order valence-electron chi connectivity index (χ2n) is 6.39. The minimum absolute atomic E-state index is 0.649. The van der Waals surface area contributed by atoms with E-state index in [0.717, 1.165) is 12.6 Å². The fraction of sp³-hybridized carbons (Fsp3) is 0.812. The summed E-state index contributed by atoms with van der Waals surface area (Å²) in [6, 6.07) is 1.43. The molecule has 19 heavy (non-hydrogen) atoms. The van der Waals surface area contributed by atoms with Gasteiger partial charge in [-0.15, -0.1) is 0 Å². The van der Waals surface area contributed by atoms with Crippen LogP contribution in [0.3, 0.4) is 0 Å². The SMILES string of the molecule is Cc1nn(C2CCCCCC2)c(C)c1CNC1CC1.